The van der Waals surface area contributed by atoms with Gasteiger partial charge < -0.3 is 19.9 Å². The van der Waals surface area contributed by atoms with Gasteiger partial charge in [-0.2, -0.15) is 0 Å². The first-order valence-electron chi connectivity index (χ1n) is 7.90. The number of benzene rings is 1. The summed E-state index contributed by atoms with van der Waals surface area (Å²) in [6.45, 7) is 3.72. The summed E-state index contributed by atoms with van der Waals surface area (Å²) in [5, 5.41) is 1.92. The molecule has 0 radical (unpaired) electrons. The summed E-state index contributed by atoms with van der Waals surface area (Å²) in [5.74, 6) is -0.180. The Morgan fingerprint density at radius 3 is 2.24 bits per heavy atom. The Hall–Kier alpha value is -2.77. The molecule has 138 valence electrons. The third-order valence-electron chi connectivity index (χ3n) is 3.22. The van der Waals surface area contributed by atoms with Crippen LogP contribution in [0.15, 0.2) is 24.3 Å². The number of methoxy groups -OCH3 is 1. The number of esters is 1. The highest BCUT2D eigenvalue weighted by Crippen LogP contribution is 2.17. The van der Waals surface area contributed by atoms with Gasteiger partial charge in [0.1, 0.15) is 11.5 Å². The molecule has 3 amide bonds. The number of carbonyl (C=O) groups is 3. The fourth-order valence-electron chi connectivity index (χ4n) is 1.96. The first-order valence-corrected chi connectivity index (χ1v) is 7.90. The molecule has 0 saturated carbocycles. The Labute approximate surface area is 146 Å². The molecule has 0 aliphatic heterocycles. The largest absolute Gasteiger partial charge is 0.497 e. The molecule has 0 unspecified atom stereocenters. The summed E-state index contributed by atoms with van der Waals surface area (Å²) >= 11 is 0. The van der Waals surface area contributed by atoms with E-state index >= 15 is 0 Å². The molecule has 3 N–H and O–H groups in total. The maximum absolute atomic E-state index is 11.9. The van der Waals surface area contributed by atoms with Gasteiger partial charge in [-0.3, -0.25) is 14.9 Å². The third kappa shape index (κ3) is 7.56. The van der Waals surface area contributed by atoms with Gasteiger partial charge in [-0.15, -0.1) is 0 Å². The average molecular weight is 352 g/mol. The fourth-order valence-corrected chi connectivity index (χ4v) is 1.96. The Morgan fingerprint density at radius 2 is 1.72 bits per heavy atom. The van der Waals surface area contributed by atoms with Gasteiger partial charge in [0.25, 0.3) is 5.91 Å². The van der Waals surface area contributed by atoms with Crippen molar-refractivity contribution in [3.05, 3.63) is 24.3 Å². The van der Waals surface area contributed by atoms with Crippen molar-refractivity contribution in [2.75, 3.05) is 13.7 Å². The summed E-state index contributed by atoms with van der Waals surface area (Å²) in [6.07, 6.45) is -0.557. The minimum Gasteiger partial charge on any atom is -0.497 e. The molecule has 1 aromatic rings. The number of hydrogen-bond acceptors (Lipinski definition) is 6. The van der Waals surface area contributed by atoms with Crippen LogP contribution in [0.2, 0.25) is 0 Å². The minimum absolute atomic E-state index is 0.0865. The first kappa shape index (κ1) is 20.3. The van der Waals surface area contributed by atoms with Crippen LogP contribution in [-0.2, 0) is 14.3 Å². The number of rotatable bonds is 9. The lowest BCUT2D eigenvalue weighted by molar-refractivity contribution is -0.158. The van der Waals surface area contributed by atoms with Crippen LogP contribution in [0.25, 0.3) is 0 Å². The van der Waals surface area contributed by atoms with E-state index in [1.165, 1.54) is 0 Å². The number of nitrogens with one attached hydrogen (secondary N) is 1. The van der Waals surface area contributed by atoms with Crippen molar-refractivity contribution in [3.8, 4) is 11.5 Å². The summed E-state index contributed by atoms with van der Waals surface area (Å²) in [5.41, 5.74) is 4.90. The maximum Gasteiger partial charge on any atom is 0.318 e. The van der Waals surface area contributed by atoms with Crippen LogP contribution in [-0.4, -0.2) is 37.7 Å². The lowest BCUT2D eigenvalue weighted by Crippen LogP contribution is -2.45. The Kier molecular flexibility index (Phi) is 8.25. The van der Waals surface area contributed by atoms with Gasteiger partial charge >= 0.3 is 12.0 Å². The standard InChI is InChI=1S/C17H24N2O6/c1-11(2)15(16(21)19-17(18)22)25-14(20)5-4-10-24-13-8-6-12(23-3)7-9-13/h6-9,11,15H,4-5,10H2,1-3H3,(H3,18,19,21,22)/t15-/m0/s1. The number of nitrogens with two attached hydrogens (primary N) is 1. The molecule has 8 heteroatoms. The Morgan fingerprint density at radius 1 is 1.12 bits per heavy atom. The molecule has 0 spiro atoms. The van der Waals surface area contributed by atoms with Gasteiger partial charge in [0.2, 0.25) is 0 Å². The highest BCUT2D eigenvalue weighted by molar-refractivity contribution is 5.96. The van der Waals surface area contributed by atoms with Crippen LogP contribution in [0, 0.1) is 5.92 Å². The quantitative estimate of drug-likeness (QED) is 0.515. The number of amides is 3. The van der Waals surface area contributed by atoms with Crippen molar-refractivity contribution in [2.24, 2.45) is 11.7 Å². The molecule has 0 heterocycles. The molecule has 0 aliphatic rings. The molecule has 0 aromatic heterocycles. The zero-order valence-corrected chi connectivity index (χ0v) is 14.6. The van der Waals surface area contributed by atoms with E-state index in [4.69, 9.17) is 19.9 Å². The molecule has 25 heavy (non-hydrogen) atoms. The van der Waals surface area contributed by atoms with Crippen LogP contribution in [0.5, 0.6) is 11.5 Å². The van der Waals surface area contributed by atoms with Gasteiger partial charge in [-0.1, -0.05) is 13.8 Å². The zero-order chi connectivity index (χ0) is 18.8. The zero-order valence-electron chi connectivity index (χ0n) is 14.6. The fraction of sp³-hybridized carbons (Fsp3) is 0.471. The summed E-state index contributed by atoms with van der Waals surface area (Å²) in [6, 6.07) is 6.09. The number of carbonyl (C=O) groups excluding carboxylic acids is 3. The lowest BCUT2D eigenvalue weighted by atomic mass is 10.1. The SMILES string of the molecule is COc1ccc(OCCCC(=O)O[C@H](C(=O)NC(N)=O)C(C)C)cc1. The molecule has 0 fully saturated rings. The predicted octanol–water partition coefficient (Wildman–Crippen LogP) is 1.62. The number of urea groups is 1. The van der Waals surface area contributed by atoms with E-state index < -0.39 is 24.0 Å². The highest BCUT2D eigenvalue weighted by atomic mass is 16.5. The summed E-state index contributed by atoms with van der Waals surface area (Å²) < 4.78 is 15.7. The molecule has 0 aliphatic carbocycles. The predicted molar refractivity (Wildman–Crippen MR) is 90.2 cm³/mol. The van der Waals surface area contributed by atoms with E-state index in [2.05, 4.69) is 0 Å². The summed E-state index contributed by atoms with van der Waals surface area (Å²) in [7, 11) is 1.58. The van der Waals surface area contributed by atoms with E-state index in [9.17, 15) is 14.4 Å². The van der Waals surface area contributed by atoms with Crippen LogP contribution >= 0.6 is 0 Å². The van der Waals surface area contributed by atoms with E-state index in [1.807, 2.05) is 5.32 Å². The lowest BCUT2D eigenvalue weighted by Gasteiger charge is -2.19. The van der Waals surface area contributed by atoms with E-state index in [0.29, 0.717) is 18.8 Å². The molecular formula is C17H24N2O6. The number of hydrogen-bond donors (Lipinski definition) is 2. The first-order chi connectivity index (χ1) is 11.8. The molecule has 0 bridgehead atoms. The molecule has 1 atom stereocenters. The van der Waals surface area contributed by atoms with Crippen LogP contribution in [0.3, 0.4) is 0 Å². The second-order valence-electron chi connectivity index (χ2n) is 5.64. The van der Waals surface area contributed by atoms with Crippen molar-refractivity contribution in [2.45, 2.75) is 32.8 Å². The van der Waals surface area contributed by atoms with Gasteiger partial charge in [0, 0.05) is 6.42 Å². The van der Waals surface area contributed by atoms with Crippen molar-refractivity contribution in [1.29, 1.82) is 0 Å². The third-order valence-corrected chi connectivity index (χ3v) is 3.22. The minimum atomic E-state index is -1.07. The molecule has 1 aromatic carbocycles. The topological polar surface area (TPSA) is 117 Å². The van der Waals surface area contributed by atoms with E-state index in [-0.39, 0.29) is 12.3 Å². The van der Waals surface area contributed by atoms with Gasteiger partial charge in [0.05, 0.1) is 13.7 Å². The second-order valence-corrected chi connectivity index (χ2v) is 5.64. The van der Waals surface area contributed by atoms with Gasteiger partial charge in [0.15, 0.2) is 6.10 Å². The Balaban J connectivity index is 2.36. The number of primary amides is 1. The highest BCUT2D eigenvalue weighted by Gasteiger charge is 2.27. The molecule has 0 saturated heterocycles. The molecule has 1 rings (SSSR count). The van der Waals surface area contributed by atoms with Crippen molar-refractivity contribution >= 4 is 17.9 Å². The van der Waals surface area contributed by atoms with Crippen molar-refractivity contribution in [3.63, 3.8) is 0 Å². The van der Waals surface area contributed by atoms with Crippen LogP contribution < -0.4 is 20.5 Å². The second kappa shape index (κ2) is 10.2. The number of imide groups is 1. The molecule has 8 nitrogen and oxygen atoms in total. The normalized spacial score (nSPS) is 11.5. The number of ether oxygens (including phenoxy) is 3. The smallest absolute Gasteiger partial charge is 0.318 e. The van der Waals surface area contributed by atoms with Crippen LogP contribution in [0.1, 0.15) is 26.7 Å². The maximum atomic E-state index is 11.9. The van der Waals surface area contributed by atoms with E-state index in [1.54, 1.807) is 45.2 Å². The average Bonchev–Trinajstić information content (AvgIpc) is 2.56. The monoisotopic (exact) mass is 352 g/mol. The van der Waals surface area contributed by atoms with Crippen molar-refractivity contribution in [1.82, 2.24) is 5.32 Å². The Bertz CT molecular complexity index is 585. The van der Waals surface area contributed by atoms with E-state index in [0.717, 1.165) is 5.75 Å². The summed E-state index contributed by atoms with van der Waals surface area (Å²) in [4.78, 5) is 34.4. The van der Waals surface area contributed by atoms with Gasteiger partial charge in [-0.05, 0) is 36.6 Å². The van der Waals surface area contributed by atoms with Crippen molar-refractivity contribution < 1.29 is 28.6 Å². The molecular weight excluding hydrogens is 328 g/mol. The van der Waals surface area contributed by atoms with Crippen LogP contribution in [0.4, 0.5) is 4.79 Å². The van der Waals surface area contributed by atoms with Gasteiger partial charge in [-0.25, -0.2) is 4.79 Å².